The Bertz CT molecular complexity index is 627. The summed E-state index contributed by atoms with van der Waals surface area (Å²) in [6, 6.07) is 17.2. The third-order valence-corrected chi connectivity index (χ3v) is 3.69. The Morgan fingerprint density at radius 2 is 1.58 bits per heavy atom. The van der Waals surface area contributed by atoms with E-state index in [9.17, 15) is 0 Å². The normalized spacial score (nSPS) is 14.2. The summed E-state index contributed by atoms with van der Waals surface area (Å²) in [7, 11) is 0. The molecule has 0 spiro atoms. The van der Waals surface area contributed by atoms with E-state index in [2.05, 4.69) is 63.2 Å². The van der Waals surface area contributed by atoms with Crippen molar-refractivity contribution in [3.8, 4) is 0 Å². The number of aliphatic imine (C=N–C) groups is 1. The third-order valence-electron chi connectivity index (χ3n) is 3.69. The highest BCUT2D eigenvalue weighted by atomic mass is 14.8. The highest BCUT2D eigenvalue weighted by Crippen LogP contribution is 2.29. The van der Waals surface area contributed by atoms with Gasteiger partial charge in [0.15, 0.2) is 0 Å². The predicted octanol–water partition coefficient (Wildman–Crippen LogP) is 4.66. The van der Waals surface area contributed by atoms with Crippen LogP contribution >= 0.6 is 0 Å². The molecule has 1 nitrogen and oxygen atoms in total. The molecule has 96 valence electrons. The highest BCUT2D eigenvalue weighted by Gasteiger charge is 2.17. The predicted molar refractivity (Wildman–Crippen MR) is 81.5 cm³/mol. The van der Waals surface area contributed by atoms with Gasteiger partial charge in [0.1, 0.15) is 0 Å². The minimum Gasteiger partial charge on any atom is -0.252 e. The van der Waals surface area contributed by atoms with Crippen LogP contribution in [0.25, 0.3) is 0 Å². The maximum Gasteiger partial charge on any atom is 0.0669 e. The van der Waals surface area contributed by atoms with Crippen molar-refractivity contribution < 1.29 is 0 Å². The van der Waals surface area contributed by atoms with E-state index < -0.39 is 0 Å². The standard InChI is InChI=1S/C18H19N/c1-18(2,3)15-10-8-13(9-11-15)17-12-14-6-4-5-7-16(14)19-17/h4-11H,12H2,1-3H3. The number of hydrogen-bond donors (Lipinski definition) is 0. The van der Waals surface area contributed by atoms with Crippen LogP contribution in [0.4, 0.5) is 5.69 Å². The first-order valence-electron chi connectivity index (χ1n) is 6.80. The van der Waals surface area contributed by atoms with Gasteiger partial charge in [-0.05, 0) is 28.2 Å². The number of fused-ring (bicyclic) bond motifs is 1. The molecule has 0 aromatic heterocycles. The molecule has 1 aliphatic rings. The Kier molecular flexibility index (Phi) is 2.78. The second kappa shape index (κ2) is 4.34. The second-order valence-corrected chi connectivity index (χ2v) is 6.19. The van der Waals surface area contributed by atoms with Crippen molar-refractivity contribution in [1.29, 1.82) is 0 Å². The van der Waals surface area contributed by atoms with Gasteiger partial charge in [0.25, 0.3) is 0 Å². The van der Waals surface area contributed by atoms with Crippen LogP contribution in [0, 0.1) is 0 Å². The lowest BCUT2D eigenvalue weighted by Crippen LogP contribution is -2.11. The average Bonchev–Trinajstić information content (AvgIpc) is 2.81. The molecule has 0 saturated carbocycles. The van der Waals surface area contributed by atoms with Gasteiger partial charge < -0.3 is 0 Å². The van der Waals surface area contributed by atoms with Gasteiger partial charge in [0.05, 0.1) is 11.4 Å². The van der Waals surface area contributed by atoms with Crippen LogP contribution in [0.3, 0.4) is 0 Å². The highest BCUT2D eigenvalue weighted by molar-refractivity contribution is 6.06. The molecule has 0 bridgehead atoms. The van der Waals surface area contributed by atoms with E-state index in [0.717, 1.165) is 12.1 Å². The molecule has 0 N–H and O–H groups in total. The van der Waals surface area contributed by atoms with Gasteiger partial charge in [0.2, 0.25) is 0 Å². The van der Waals surface area contributed by atoms with Crippen molar-refractivity contribution in [2.75, 3.05) is 0 Å². The van der Waals surface area contributed by atoms with Gasteiger partial charge in [-0.15, -0.1) is 0 Å². The SMILES string of the molecule is CC(C)(C)c1ccc(C2=Nc3ccccc3C2)cc1. The lowest BCUT2D eigenvalue weighted by Gasteiger charge is -2.19. The van der Waals surface area contributed by atoms with Crippen molar-refractivity contribution in [2.24, 2.45) is 4.99 Å². The molecule has 0 fully saturated rings. The summed E-state index contributed by atoms with van der Waals surface area (Å²) in [6.45, 7) is 6.72. The van der Waals surface area contributed by atoms with E-state index >= 15 is 0 Å². The summed E-state index contributed by atoms with van der Waals surface area (Å²) in [5.74, 6) is 0. The van der Waals surface area contributed by atoms with Crippen molar-refractivity contribution in [3.63, 3.8) is 0 Å². The van der Waals surface area contributed by atoms with Gasteiger partial charge in [-0.1, -0.05) is 63.2 Å². The largest absolute Gasteiger partial charge is 0.252 e. The molecular formula is C18H19N. The first kappa shape index (κ1) is 12.2. The Morgan fingerprint density at radius 1 is 0.895 bits per heavy atom. The molecule has 3 rings (SSSR count). The molecular weight excluding hydrogens is 230 g/mol. The quantitative estimate of drug-likeness (QED) is 0.697. The minimum atomic E-state index is 0.207. The lowest BCUT2D eigenvalue weighted by molar-refractivity contribution is 0.590. The van der Waals surface area contributed by atoms with Gasteiger partial charge in [0, 0.05) is 6.42 Å². The molecule has 0 amide bonds. The third kappa shape index (κ3) is 2.33. The fraction of sp³-hybridized carbons (Fsp3) is 0.278. The van der Waals surface area contributed by atoms with Gasteiger partial charge in [-0.3, -0.25) is 4.99 Å². The van der Waals surface area contributed by atoms with Gasteiger partial charge in [-0.25, -0.2) is 0 Å². The Morgan fingerprint density at radius 3 is 2.21 bits per heavy atom. The first-order chi connectivity index (χ1) is 9.04. The molecule has 0 saturated heterocycles. The smallest absolute Gasteiger partial charge is 0.0669 e. The number of nitrogens with zero attached hydrogens (tertiary/aromatic N) is 1. The molecule has 0 radical (unpaired) electrons. The minimum absolute atomic E-state index is 0.207. The van der Waals surface area contributed by atoms with Gasteiger partial charge in [-0.2, -0.15) is 0 Å². The van der Waals surface area contributed by atoms with Crippen LogP contribution < -0.4 is 0 Å². The zero-order valence-corrected chi connectivity index (χ0v) is 11.8. The van der Waals surface area contributed by atoms with Crippen LogP contribution in [0.15, 0.2) is 53.5 Å². The van der Waals surface area contributed by atoms with E-state index in [-0.39, 0.29) is 5.41 Å². The maximum atomic E-state index is 4.73. The first-order valence-corrected chi connectivity index (χ1v) is 6.80. The molecule has 1 aliphatic heterocycles. The maximum absolute atomic E-state index is 4.73. The fourth-order valence-electron chi connectivity index (χ4n) is 2.46. The molecule has 0 aliphatic carbocycles. The van der Waals surface area contributed by atoms with Crippen LogP contribution in [-0.2, 0) is 11.8 Å². The van der Waals surface area contributed by atoms with Crippen LogP contribution in [0.1, 0.15) is 37.5 Å². The average molecular weight is 249 g/mol. The summed E-state index contributed by atoms with van der Waals surface area (Å²) in [5.41, 5.74) is 6.45. The van der Waals surface area contributed by atoms with Crippen molar-refractivity contribution >= 4 is 11.4 Å². The van der Waals surface area contributed by atoms with Crippen LogP contribution in [0.5, 0.6) is 0 Å². The van der Waals surface area contributed by atoms with Crippen LogP contribution in [-0.4, -0.2) is 5.71 Å². The molecule has 2 aromatic rings. The zero-order valence-electron chi connectivity index (χ0n) is 11.8. The van der Waals surface area contributed by atoms with E-state index in [1.165, 1.54) is 22.4 Å². The summed E-state index contributed by atoms with van der Waals surface area (Å²) in [5, 5.41) is 0. The fourth-order valence-corrected chi connectivity index (χ4v) is 2.46. The number of para-hydroxylation sites is 1. The van der Waals surface area contributed by atoms with Gasteiger partial charge >= 0.3 is 0 Å². The second-order valence-electron chi connectivity index (χ2n) is 6.19. The summed E-state index contributed by atoms with van der Waals surface area (Å²) < 4.78 is 0. The summed E-state index contributed by atoms with van der Waals surface area (Å²) in [4.78, 5) is 4.73. The zero-order chi connectivity index (χ0) is 13.5. The topological polar surface area (TPSA) is 12.4 Å². The van der Waals surface area contributed by atoms with Crippen molar-refractivity contribution in [2.45, 2.75) is 32.6 Å². The lowest BCUT2D eigenvalue weighted by atomic mass is 9.86. The van der Waals surface area contributed by atoms with E-state index in [1.54, 1.807) is 0 Å². The Hall–Kier alpha value is -1.89. The van der Waals surface area contributed by atoms with Crippen molar-refractivity contribution in [3.05, 3.63) is 65.2 Å². The summed E-state index contributed by atoms with van der Waals surface area (Å²) >= 11 is 0. The van der Waals surface area contributed by atoms with Crippen molar-refractivity contribution in [1.82, 2.24) is 0 Å². The summed E-state index contributed by atoms with van der Waals surface area (Å²) in [6.07, 6.45) is 0.949. The molecule has 1 heterocycles. The Balaban J connectivity index is 1.90. The molecule has 2 aromatic carbocycles. The number of hydrogen-bond acceptors (Lipinski definition) is 1. The Labute approximate surface area is 115 Å². The molecule has 1 heteroatoms. The number of rotatable bonds is 1. The molecule has 0 atom stereocenters. The van der Waals surface area contributed by atoms with E-state index in [0.29, 0.717) is 0 Å². The van der Waals surface area contributed by atoms with Crippen LogP contribution in [0.2, 0.25) is 0 Å². The number of benzene rings is 2. The monoisotopic (exact) mass is 249 g/mol. The van der Waals surface area contributed by atoms with E-state index in [4.69, 9.17) is 4.99 Å². The van der Waals surface area contributed by atoms with E-state index in [1.807, 2.05) is 6.07 Å². The molecule has 0 unspecified atom stereocenters. The molecule has 19 heavy (non-hydrogen) atoms.